The van der Waals surface area contributed by atoms with Gasteiger partial charge in [0.15, 0.2) is 0 Å². The van der Waals surface area contributed by atoms with E-state index in [2.05, 4.69) is 31.0 Å². The lowest BCUT2D eigenvalue weighted by atomic mass is 10.0. The van der Waals surface area contributed by atoms with Crippen LogP contribution < -0.4 is 10.6 Å². The molecule has 14 heteroatoms. The summed E-state index contributed by atoms with van der Waals surface area (Å²) < 4.78 is 5.43. The number of allylic oxidation sites excluding steroid dienone is 1. The topological polar surface area (TPSA) is 182 Å². The Kier molecular flexibility index (Phi) is 8.47. The van der Waals surface area contributed by atoms with E-state index in [9.17, 15) is 24.3 Å². The predicted molar refractivity (Wildman–Crippen MR) is 152 cm³/mol. The van der Waals surface area contributed by atoms with Gasteiger partial charge in [0.1, 0.15) is 23.2 Å². The molecule has 5 atom stereocenters. The largest absolute Gasteiger partial charge is 0.479 e. The molecular weight excluding hydrogens is 556 g/mol. The lowest BCUT2D eigenvalue weighted by molar-refractivity contribution is -0.145. The number of pyridine rings is 1. The number of amides is 3. The van der Waals surface area contributed by atoms with E-state index in [4.69, 9.17) is 4.74 Å². The highest BCUT2D eigenvalue weighted by atomic mass is 16.6. The lowest BCUT2D eigenvalue weighted by Crippen LogP contribution is -2.56. The summed E-state index contributed by atoms with van der Waals surface area (Å²) in [7, 11) is 0. The van der Waals surface area contributed by atoms with Gasteiger partial charge in [-0.15, -0.1) is 10.2 Å². The number of nitrogens with zero attached hydrogens (tertiary/aromatic N) is 6. The Labute approximate surface area is 249 Å². The number of fused-ring (bicyclic) bond motifs is 2. The molecular formula is C29H38N8O6. The van der Waals surface area contributed by atoms with Crippen molar-refractivity contribution < 1.29 is 29.0 Å². The highest BCUT2D eigenvalue weighted by molar-refractivity contribution is 5.96. The Balaban J connectivity index is 1.44. The Morgan fingerprint density at radius 1 is 1.21 bits per heavy atom. The molecule has 14 nitrogen and oxygen atoms in total. The van der Waals surface area contributed by atoms with Gasteiger partial charge in [0.25, 0.3) is 0 Å². The maximum absolute atomic E-state index is 14.1. The van der Waals surface area contributed by atoms with Gasteiger partial charge in [0, 0.05) is 36.8 Å². The van der Waals surface area contributed by atoms with Crippen LogP contribution in [0.3, 0.4) is 0 Å². The molecule has 3 aliphatic rings. The molecule has 2 aliphatic heterocycles. The van der Waals surface area contributed by atoms with Gasteiger partial charge in [-0.05, 0) is 63.8 Å². The van der Waals surface area contributed by atoms with Crippen molar-refractivity contribution in [3.05, 3.63) is 36.7 Å². The summed E-state index contributed by atoms with van der Waals surface area (Å²) in [6.07, 6.45) is 10.2. The number of aliphatic carboxylic acids is 1. The van der Waals surface area contributed by atoms with Crippen LogP contribution in [0.5, 0.6) is 0 Å². The van der Waals surface area contributed by atoms with Crippen molar-refractivity contribution in [3.8, 4) is 11.4 Å². The molecule has 0 bridgehead atoms. The number of ether oxygens (including phenoxy) is 1. The zero-order valence-corrected chi connectivity index (χ0v) is 24.6. The monoisotopic (exact) mass is 594 g/mol. The van der Waals surface area contributed by atoms with Crippen LogP contribution >= 0.6 is 0 Å². The van der Waals surface area contributed by atoms with E-state index in [-0.39, 0.29) is 25.3 Å². The average Bonchev–Trinajstić information content (AvgIpc) is 3.28. The molecule has 43 heavy (non-hydrogen) atoms. The van der Waals surface area contributed by atoms with Crippen LogP contribution in [-0.4, -0.2) is 88.8 Å². The highest BCUT2D eigenvalue weighted by Gasteiger charge is 2.61. The number of carboxylic acids is 1. The maximum Gasteiger partial charge on any atom is 0.408 e. The molecule has 2 aromatic rings. The second kappa shape index (κ2) is 12.1. The molecule has 0 aromatic carbocycles. The fraction of sp³-hybridized carbons (Fsp3) is 0.586. The Bertz CT molecular complexity index is 1390. The molecule has 2 fully saturated rings. The number of nitrogens with one attached hydrogen (secondary N) is 2. The second-order valence-electron chi connectivity index (χ2n) is 12.4. The molecule has 4 heterocycles. The SMILES string of the molecule is CC(C)(C)OC(=O)N[C@H]1CCCCC/C=C\[C@H]2C[C@@]2(C(=O)O)NC(=O)[C@@H]2C[C@@H](n3nnc(-c4cccnc4)n3)CN2C1=O. The van der Waals surface area contributed by atoms with Gasteiger partial charge in [-0.3, -0.25) is 14.6 Å². The first-order chi connectivity index (χ1) is 20.5. The Morgan fingerprint density at radius 2 is 2.02 bits per heavy atom. The smallest absolute Gasteiger partial charge is 0.408 e. The number of hydrogen-bond donors (Lipinski definition) is 3. The molecule has 3 amide bonds. The van der Waals surface area contributed by atoms with E-state index < -0.39 is 53.1 Å². The molecule has 5 rings (SSSR count). The summed E-state index contributed by atoms with van der Waals surface area (Å²) in [5.74, 6) is -2.13. The maximum atomic E-state index is 14.1. The summed E-state index contributed by atoms with van der Waals surface area (Å²) in [5.41, 5.74) is -1.53. The van der Waals surface area contributed by atoms with Crippen LogP contribution in [0, 0.1) is 5.92 Å². The van der Waals surface area contributed by atoms with Crippen molar-refractivity contribution in [2.24, 2.45) is 5.92 Å². The molecule has 1 aliphatic carbocycles. The molecule has 230 valence electrons. The van der Waals surface area contributed by atoms with Crippen LogP contribution in [0.25, 0.3) is 11.4 Å². The van der Waals surface area contributed by atoms with E-state index in [1.165, 1.54) is 9.70 Å². The van der Waals surface area contributed by atoms with Crippen LogP contribution in [0.15, 0.2) is 36.7 Å². The summed E-state index contributed by atoms with van der Waals surface area (Å²) in [6.45, 7) is 5.27. The quantitative estimate of drug-likeness (QED) is 0.444. The molecule has 0 radical (unpaired) electrons. The zero-order chi connectivity index (χ0) is 30.8. The summed E-state index contributed by atoms with van der Waals surface area (Å²) in [6, 6.07) is 1.07. The molecule has 0 unspecified atom stereocenters. The van der Waals surface area contributed by atoms with Crippen molar-refractivity contribution in [2.75, 3.05) is 6.54 Å². The number of carbonyl (C=O) groups is 4. The number of tetrazole rings is 1. The van der Waals surface area contributed by atoms with Gasteiger partial charge in [-0.1, -0.05) is 25.0 Å². The van der Waals surface area contributed by atoms with Gasteiger partial charge in [-0.25, -0.2) is 9.59 Å². The van der Waals surface area contributed by atoms with Crippen molar-refractivity contribution in [3.63, 3.8) is 0 Å². The third-order valence-corrected chi connectivity index (χ3v) is 8.00. The summed E-state index contributed by atoms with van der Waals surface area (Å²) in [5, 5.41) is 28.3. The van der Waals surface area contributed by atoms with Crippen molar-refractivity contribution in [1.29, 1.82) is 0 Å². The number of rotatable bonds is 4. The minimum Gasteiger partial charge on any atom is -0.479 e. The van der Waals surface area contributed by atoms with E-state index in [0.717, 1.165) is 19.3 Å². The Morgan fingerprint density at radius 3 is 2.74 bits per heavy atom. The van der Waals surface area contributed by atoms with Gasteiger partial charge in [0.05, 0.1) is 6.04 Å². The highest BCUT2D eigenvalue weighted by Crippen LogP contribution is 2.45. The summed E-state index contributed by atoms with van der Waals surface area (Å²) >= 11 is 0. The third kappa shape index (κ3) is 6.83. The molecule has 1 saturated heterocycles. The van der Waals surface area contributed by atoms with Gasteiger partial charge in [0.2, 0.25) is 17.6 Å². The van der Waals surface area contributed by atoms with Gasteiger partial charge in [-0.2, -0.15) is 4.80 Å². The zero-order valence-electron chi connectivity index (χ0n) is 24.6. The van der Waals surface area contributed by atoms with E-state index >= 15 is 0 Å². The number of alkyl carbamates (subject to hydrolysis) is 1. The van der Waals surface area contributed by atoms with E-state index in [0.29, 0.717) is 24.2 Å². The number of hydrogen-bond acceptors (Lipinski definition) is 9. The average molecular weight is 595 g/mol. The minimum atomic E-state index is -1.42. The number of carbonyl (C=O) groups excluding carboxylic acids is 3. The van der Waals surface area contributed by atoms with Crippen molar-refractivity contribution in [1.82, 2.24) is 40.7 Å². The Hall–Kier alpha value is -4.36. The molecule has 1 saturated carbocycles. The first-order valence-corrected chi connectivity index (χ1v) is 14.7. The second-order valence-corrected chi connectivity index (χ2v) is 12.4. The number of aromatic nitrogens is 5. The van der Waals surface area contributed by atoms with Gasteiger partial charge < -0.3 is 25.4 Å². The first kappa shape index (κ1) is 30.1. The summed E-state index contributed by atoms with van der Waals surface area (Å²) in [4.78, 5) is 59.8. The van der Waals surface area contributed by atoms with Crippen LogP contribution in [0.4, 0.5) is 4.79 Å². The minimum absolute atomic E-state index is 0.0651. The van der Waals surface area contributed by atoms with Crippen LogP contribution in [0.2, 0.25) is 0 Å². The van der Waals surface area contributed by atoms with E-state index in [1.54, 1.807) is 45.3 Å². The third-order valence-electron chi connectivity index (χ3n) is 8.00. The van der Waals surface area contributed by atoms with E-state index in [1.807, 2.05) is 12.2 Å². The standard InChI is InChI=1S/C29H38N8O6/c1-28(2,3)43-27(42)31-21-12-8-6-4-5-7-11-19-15-29(19,26(40)41)32-24(38)22-14-20(17-36(22)25(21)39)37-34-23(33-35-37)18-10-9-13-30-16-18/h7,9-11,13,16,19-22H,4-6,8,12,14-15,17H2,1-3H3,(H,31,42)(H,32,38)(H,40,41)/b11-7-/t19-,20+,21-,22-,29+/m0/s1. The van der Waals surface area contributed by atoms with Gasteiger partial charge >= 0.3 is 12.1 Å². The van der Waals surface area contributed by atoms with Crippen molar-refractivity contribution in [2.45, 2.75) is 95.0 Å². The first-order valence-electron chi connectivity index (χ1n) is 14.7. The molecule has 0 spiro atoms. The lowest BCUT2D eigenvalue weighted by Gasteiger charge is -2.30. The molecule has 3 N–H and O–H groups in total. The fourth-order valence-corrected chi connectivity index (χ4v) is 5.69. The predicted octanol–water partition coefficient (Wildman–Crippen LogP) is 2.25. The van der Waals surface area contributed by atoms with Crippen LogP contribution in [0.1, 0.15) is 71.8 Å². The number of carboxylic acid groups (broad SMARTS) is 1. The fourth-order valence-electron chi connectivity index (χ4n) is 5.69. The normalized spacial score (nSPS) is 28.9. The molecule has 2 aromatic heterocycles. The van der Waals surface area contributed by atoms with Crippen molar-refractivity contribution >= 4 is 23.9 Å². The van der Waals surface area contributed by atoms with Crippen LogP contribution in [-0.2, 0) is 19.1 Å².